The van der Waals surface area contributed by atoms with Gasteiger partial charge in [0.05, 0.1) is 19.0 Å². The third kappa shape index (κ3) is 3.45. The number of nitrogens with zero attached hydrogens (tertiary/aromatic N) is 2. The van der Waals surface area contributed by atoms with E-state index in [-0.39, 0.29) is 11.9 Å². The maximum atomic E-state index is 12.1. The van der Waals surface area contributed by atoms with Gasteiger partial charge in [0.15, 0.2) is 0 Å². The Hall–Kier alpha value is -2.14. The van der Waals surface area contributed by atoms with Crippen LogP contribution < -0.4 is 5.32 Å². The van der Waals surface area contributed by atoms with E-state index in [1.54, 1.807) is 19.6 Å². The number of hydrogen-bond donors (Lipinski definition) is 1. The highest BCUT2D eigenvalue weighted by Gasteiger charge is 2.11. The summed E-state index contributed by atoms with van der Waals surface area (Å²) in [5, 5.41) is 2.96. The Morgan fingerprint density at radius 2 is 2.15 bits per heavy atom. The second kappa shape index (κ2) is 6.86. The van der Waals surface area contributed by atoms with Gasteiger partial charge in [-0.05, 0) is 30.7 Å². The number of methoxy groups -OCH3 is 1. The van der Waals surface area contributed by atoms with Crippen LogP contribution >= 0.6 is 0 Å². The highest BCUT2D eigenvalue weighted by Crippen LogP contribution is 2.09. The molecule has 1 atom stereocenters. The van der Waals surface area contributed by atoms with Crippen molar-refractivity contribution >= 4 is 5.91 Å². The molecular formula is C15H19N3O2. The molecule has 2 aromatic rings. The molecular weight excluding hydrogens is 254 g/mol. The van der Waals surface area contributed by atoms with Crippen molar-refractivity contribution in [3.05, 3.63) is 48.5 Å². The van der Waals surface area contributed by atoms with Gasteiger partial charge in [-0.25, -0.2) is 4.98 Å². The zero-order valence-corrected chi connectivity index (χ0v) is 11.7. The lowest BCUT2D eigenvalue weighted by molar-refractivity contribution is 0.0894. The smallest absolute Gasteiger partial charge is 0.251 e. The number of rotatable bonds is 6. The molecule has 0 spiro atoms. The summed E-state index contributed by atoms with van der Waals surface area (Å²) in [7, 11) is 1.63. The van der Waals surface area contributed by atoms with Crippen molar-refractivity contribution in [2.24, 2.45) is 0 Å². The highest BCUT2D eigenvalue weighted by molar-refractivity contribution is 5.94. The Bertz CT molecular complexity index is 535. The Morgan fingerprint density at radius 3 is 2.70 bits per heavy atom. The van der Waals surface area contributed by atoms with Crippen LogP contribution in [0.3, 0.4) is 0 Å². The number of benzene rings is 1. The van der Waals surface area contributed by atoms with Crippen LogP contribution in [0.4, 0.5) is 0 Å². The predicted octanol–water partition coefficient (Wildman–Crippen LogP) is 2.03. The van der Waals surface area contributed by atoms with Crippen LogP contribution in [0.25, 0.3) is 5.69 Å². The van der Waals surface area contributed by atoms with Crippen molar-refractivity contribution < 1.29 is 9.53 Å². The molecule has 2 rings (SSSR count). The number of carbonyl (C=O) groups excluding carboxylic acids is 1. The van der Waals surface area contributed by atoms with Crippen LogP contribution in [0, 0.1) is 0 Å². The number of imidazole rings is 1. The van der Waals surface area contributed by atoms with E-state index in [1.165, 1.54) is 0 Å². The van der Waals surface area contributed by atoms with Gasteiger partial charge in [0.2, 0.25) is 0 Å². The number of amides is 1. The van der Waals surface area contributed by atoms with Crippen LogP contribution in [0.5, 0.6) is 0 Å². The fraction of sp³-hybridized carbons (Fsp3) is 0.333. The number of carbonyl (C=O) groups is 1. The summed E-state index contributed by atoms with van der Waals surface area (Å²) in [5.41, 5.74) is 1.62. The van der Waals surface area contributed by atoms with E-state index in [4.69, 9.17) is 4.74 Å². The normalized spacial score (nSPS) is 12.1. The number of ether oxygens (including phenoxy) is 1. The zero-order chi connectivity index (χ0) is 14.4. The summed E-state index contributed by atoms with van der Waals surface area (Å²) < 4.78 is 6.97. The van der Waals surface area contributed by atoms with Crippen molar-refractivity contribution in [3.8, 4) is 5.69 Å². The lowest BCUT2D eigenvalue weighted by atomic mass is 10.1. The van der Waals surface area contributed by atoms with Gasteiger partial charge in [0.25, 0.3) is 5.91 Å². The number of hydrogen-bond acceptors (Lipinski definition) is 3. The molecule has 0 aliphatic carbocycles. The van der Waals surface area contributed by atoms with E-state index < -0.39 is 0 Å². The number of nitrogens with one attached hydrogen (secondary N) is 1. The van der Waals surface area contributed by atoms with Gasteiger partial charge in [0, 0.05) is 30.8 Å². The Kier molecular flexibility index (Phi) is 4.90. The van der Waals surface area contributed by atoms with Crippen molar-refractivity contribution in [1.29, 1.82) is 0 Å². The first-order valence-electron chi connectivity index (χ1n) is 6.62. The molecule has 0 aliphatic rings. The van der Waals surface area contributed by atoms with Crippen LogP contribution in [0.1, 0.15) is 23.7 Å². The Balaban J connectivity index is 2.04. The van der Waals surface area contributed by atoms with Gasteiger partial charge < -0.3 is 14.6 Å². The van der Waals surface area contributed by atoms with Crippen molar-refractivity contribution in [1.82, 2.24) is 14.9 Å². The van der Waals surface area contributed by atoms with Crippen LogP contribution in [0.2, 0.25) is 0 Å². The SMILES string of the molecule is CCC(COC)NC(=O)c1ccc(-n2ccnc2)cc1. The maximum Gasteiger partial charge on any atom is 0.251 e. The minimum Gasteiger partial charge on any atom is -0.383 e. The molecule has 5 heteroatoms. The molecule has 0 radical (unpaired) electrons. The Morgan fingerprint density at radius 1 is 1.40 bits per heavy atom. The molecule has 0 fully saturated rings. The summed E-state index contributed by atoms with van der Waals surface area (Å²) in [4.78, 5) is 16.1. The van der Waals surface area contributed by atoms with Crippen molar-refractivity contribution in [3.63, 3.8) is 0 Å². The molecule has 0 saturated carbocycles. The molecule has 1 amide bonds. The molecule has 106 valence electrons. The van der Waals surface area contributed by atoms with E-state index in [0.29, 0.717) is 12.2 Å². The lowest BCUT2D eigenvalue weighted by Gasteiger charge is -2.16. The summed E-state index contributed by atoms with van der Waals surface area (Å²) in [6.45, 7) is 2.54. The second-order valence-corrected chi connectivity index (χ2v) is 4.55. The summed E-state index contributed by atoms with van der Waals surface area (Å²) >= 11 is 0. The molecule has 1 N–H and O–H groups in total. The van der Waals surface area contributed by atoms with Crippen molar-refractivity contribution in [2.45, 2.75) is 19.4 Å². The second-order valence-electron chi connectivity index (χ2n) is 4.55. The molecule has 1 heterocycles. The first-order valence-corrected chi connectivity index (χ1v) is 6.62. The molecule has 1 unspecified atom stereocenters. The minimum atomic E-state index is -0.0777. The van der Waals surface area contributed by atoms with E-state index >= 15 is 0 Å². The molecule has 0 aliphatic heterocycles. The van der Waals surface area contributed by atoms with E-state index in [1.807, 2.05) is 42.0 Å². The first kappa shape index (κ1) is 14.3. The zero-order valence-electron chi connectivity index (χ0n) is 11.7. The van der Waals surface area contributed by atoms with E-state index in [9.17, 15) is 4.79 Å². The first-order chi connectivity index (χ1) is 9.74. The van der Waals surface area contributed by atoms with Crippen LogP contribution in [-0.2, 0) is 4.74 Å². The highest BCUT2D eigenvalue weighted by atomic mass is 16.5. The van der Waals surface area contributed by atoms with Gasteiger partial charge in [-0.15, -0.1) is 0 Å². The predicted molar refractivity (Wildman–Crippen MR) is 77.0 cm³/mol. The Labute approximate surface area is 118 Å². The van der Waals surface area contributed by atoms with Crippen LogP contribution in [0.15, 0.2) is 43.0 Å². The monoisotopic (exact) mass is 273 g/mol. The van der Waals surface area contributed by atoms with Gasteiger partial charge >= 0.3 is 0 Å². The minimum absolute atomic E-state index is 0.0424. The maximum absolute atomic E-state index is 12.1. The summed E-state index contributed by atoms with van der Waals surface area (Å²) in [6, 6.07) is 7.46. The largest absolute Gasteiger partial charge is 0.383 e. The van der Waals surface area contributed by atoms with Crippen molar-refractivity contribution in [2.75, 3.05) is 13.7 Å². The fourth-order valence-corrected chi connectivity index (χ4v) is 1.93. The number of aromatic nitrogens is 2. The van der Waals surface area contributed by atoms with Gasteiger partial charge in [-0.2, -0.15) is 0 Å². The molecule has 20 heavy (non-hydrogen) atoms. The van der Waals surface area contributed by atoms with E-state index in [0.717, 1.165) is 12.1 Å². The van der Waals surface area contributed by atoms with Gasteiger partial charge in [0.1, 0.15) is 0 Å². The molecule has 0 bridgehead atoms. The lowest BCUT2D eigenvalue weighted by Crippen LogP contribution is -2.37. The quantitative estimate of drug-likeness (QED) is 0.876. The third-order valence-corrected chi connectivity index (χ3v) is 3.13. The average Bonchev–Trinajstić information content (AvgIpc) is 3.01. The standard InChI is InChI=1S/C15H19N3O2/c1-3-13(10-20-2)17-15(19)12-4-6-14(7-5-12)18-9-8-16-11-18/h4-9,11,13H,3,10H2,1-2H3,(H,17,19). The van der Waals surface area contributed by atoms with E-state index in [2.05, 4.69) is 10.3 Å². The van der Waals surface area contributed by atoms with Gasteiger partial charge in [-0.3, -0.25) is 4.79 Å². The third-order valence-electron chi connectivity index (χ3n) is 3.13. The molecule has 5 nitrogen and oxygen atoms in total. The fourth-order valence-electron chi connectivity index (χ4n) is 1.93. The summed E-state index contributed by atoms with van der Waals surface area (Å²) in [6.07, 6.45) is 6.14. The summed E-state index contributed by atoms with van der Waals surface area (Å²) in [5.74, 6) is -0.0777. The van der Waals surface area contributed by atoms with Crippen LogP contribution in [-0.4, -0.2) is 35.2 Å². The topological polar surface area (TPSA) is 56.1 Å². The molecule has 0 saturated heterocycles. The van der Waals surface area contributed by atoms with Gasteiger partial charge in [-0.1, -0.05) is 6.92 Å². The average molecular weight is 273 g/mol. The molecule has 1 aromatic heterocycles. The molecule has 1 aromatic carbocycles.